The predicted molar refractivity (Wildman–Crippen MR) is 128 cm³/mol. The fourth-order valence-corrected chi connectivity index (χ4v) is 3.95. The molecule has 1 heterocycles. The van der Waals surface area contributed by atoms with Crippen LogP contribution in [0.2, 0.25) is 0 Å². The van der Waals surface area contributed by atoms with E-state index in [2.05, 4.69) is 20.8 Å². The fraction of sp³-hybridized carbons (Fsp3) is 0.333. The van der Waals surface area contributed by atoms with Crippen LogP contribution in [0.3, 0.4) is 0 Å². The summed E-state index contributed by atoms with van der Waals surface area (Å²) < 4.78 is 1.84. The molecule has 0 fully saturated rings. The van der Waals surface area contributed by atoms with Crippen LogP contribution in [0.25, 0.3) is 0 Å². The number of nitrogens with one attached hydrogen (secondary N) is 2. The summed E-state index contributed by atoms with van der Waals surface area (Å²) in [5, 5.41) is 15.2. The molecule has 0 spiro atoms. The third kappa shape index (κ3) is 5.97. The van der Waals surface area contributed by atoms with Gasteiger partial charge in [0.1, 0.15) is 0 Å². The lowest BCUT2D eigenvalue weighted by molar-refractivity contribution is -0.113. The topological polar surface area (TPSA) is 88.9 Å². The number of carbonyl (C=O) groups is 2. The standard InChI is InChI=1S/C24H29N5O2S/c1-15(2)21(26-23(31)18-8-6-7-17(4)13-18)22-27-28-24(29(22)5)32-14-20(30)25-19-11-9-16(3)10-12-19/h6-13,15,21H,14H2,1-5H3,(H,25,30)(H,26,31)/t21-/m0/s1. The van der Waals surface area contributed by atoms with Crippen molar-refractivity contribution in [1.29, 1.82) is 0 Å². The average molecular weight is 452 g/mol. The van der Waals surface area contributed by atoms with E-state index in [0.29, 0.717) is 16.5 Å². The van der Waals surface area contributed by atoms with Crippen LogP contribution in [-0.4, -0.2) is 32.3 Å². The SMILES string of the molecule is Cc1ccc(NC(=O)CSc2nnc([C@@H](NC(=O)c3cccc(C)c3)C(C)C)n2C)cc1. The summed E-state index contributed by atoms with van der Waals surface area (Å²) in [4.78, 5) is 25.1. The van der Waals surface area contributed by atoms with Crippen LogP contribution in [0.5, 0.6) is 0 Å². The van der Waals surface area contributed by atoms with Gasteiger partial charge in [-0.05, 0) is 44.0 Å². The van der Waals surface area contributed by atoms with Crippen LogP contribution in [0.15, 0.2) is 53.7 Å². The molecule has 3 rings (SSSR count). The largest absolute Gasteiger partial charge is 0.342 e. The fourth-order valence-electron chi connectivity index (χ4n) is 3.23. The van der Waals surface area contributed by atoms with Gasteiger partial charge in [-0.1, -0.05) is 61.0 Å². The van der Waals surface area contributed by atoms with E-state index >= 15 is 0 Å². The Hall–Kier alpha value is -3.13. The van der Waals surface area contributed by atoms with Gasteiger partial charge in [-0.25, -0.2) is 0 Å². The molecule has 32 heavy (non-hydrogen) atoms. The lowest BCUT2D eigenvalue weighted by atomic mass is 10.0. The maximum atomic E-state index is 12.8. The Morgan fingerprint density at radius 1 is 1.03 bits per heavy atom. The van der Waals surface area contributed by atoms with Gasteiger partial charge in [0.2, 0.25) is 5.91 Å². The Balaban J connectivity index is 1.66. The summed E-state index contributed by atoms with van der Waals surface area (Å²) in [6, 6.07) is 14.8. The van der Waals surface area contributed by atoms with Gasteiger partial charge >= 0.3 is 0 Å². The molecule has 8 heteroatoms. The molecule has 0 saturated carbocycles. The molecule has 2 N–H and O–H groups in total. The zero-order valence-electron chi connectivity index (χ0n) is 19.0. The zero-order chi connectivity index (χ0) is 23.3. The summed E-state index contributed by atoms with van der Waals surface area (Å²) >= 11 is 1.31. The number of nitrogens with zero attached hydrogens (tertiary/aromatic N) is 3. The van der Waals surface area contributed by atoms with E-state index in [1.165, 1.54) is 11.8 Å². The van der Waals surface area contributed by atoms with Crippen LogP contribution in [-0.2, 0) is 11.8 Å². The van der Waals surface area contributed by atoms with E-state index in [1.54, 1.807) is 6.07 Å². The van der Waals surface area contributed by atoms with Gasteiger partial charge in [0.15, 0.2) is 11.0 Å². The number of anilines is 1. The smallest absolute Gasteiger partial charge is 0.251 e. The minimum atomic E-state index is -0.309. The molecule has 3 aromatic rings. The second kappa shape index (κ2) is 10.5. The zero-order valence-corrected chi connectivity index (χ0v) is 19.9. The summed E-state index contributed by atoms with van der Waals surface area (Å²) in [7, 11) is 1.85. The maximum Gasteiger partial charge on any atom is 0.251 e. The molecule has 0 saturated heterocycles. The molecular weight excluding hydrogens is 422 g/mol. The number of rotatable bonds is 8. The number of hydrogen-bond acceptors (Lipinski definition) is 5. The highest BCUT2D eigenvalue weighted by Crippen LogP contribution is 2.24. The van der Waals surface area contributed by atoms with Crippen LogP contribution in [0.1, 0.15) is 47.2 Å². The van der Waals surface area contributed by atoms with Crippen molar-refractivity contribution in [2.45, 2.75) is 38.9 Å². The highest BCUT2D eigenvalue weighted by molar-refractivity contribution is 7.99. The summed E-state index contributed by atoms with van der Waals surface area (Å²) in [6.07, 6.45) is 0. The molecule has 0 aliphatic heterocycles. The Labute approximate surface area is 193 Å². The van der Waals surface area contributed by atoms with Crippen LogP contribution < -0.4 is 10.6 Å². The number of amides is 2. The van der Waals surface area contributed by atoms with Crippen LogP contribution >= 0.6 is 11.8 Å². The van der Waals surface area contributed by atoms with Gasteiger partial charge in [0.25, 0.3) is 5.91 Å². The molecule has 2 amide bonds. The molecule has 0 aliphatic rings. The second-order valence-electron chi connectivity index (χ2n) is 8.17. The van der Waals surface area contributed by atoms with Crippen molar-refractivity contribution in [2.75, 3.05) is 11.1 Å². The van der Waals surface area contributed by atoms with E-state index in [4.69, 9.17) is 0 Å². The van der Waals surface area contributed by atoms with Crippen molar-refractivity contribution >= 4 is 29.3 Å². The number of thioether (sulfide) groups is 1. The van der Waals surface area contributed by atoms with Gasteiger partial charge in [-0.2, -0.15) is 0 Å². The lowest BCUT2D eigenvalue weighted by Gasteiger charge is -2.21. The highest BCUT2D eigenvalue weighted by Gasteiger charge is 2.25. The number of carbonyl (C=O) groups excluding carboxylic acids is 2. The Kier molecular flexibility index (Phi) is 7.69. The Morgan fingerprint density at radius 3 is 2.41 bits per heavy atom. The first-order chi connectivity index (χ1) is 15.2. The first-order valence-corrected chi connectivity index (χ1v) is 11.5. The van der Waals surface area contributed by atoms with Gasteiger partial charge in [-0.3, -0.25) is 9.59 Å². The minimum Gasteiger partial charge on any atom is -0.342 e. The number of benzene rings is 2. The van der Waals surface area contributed by atoms with E-state index in [9.17, 15) is 9.59 Å². The van der Waals surface area contributed by atoms with Gasteiger partial charge in [0.05, 0.1) is 11.8 Å². The molecule has 0 bridgehead atoms. The normalized spacial score (nSPS) is 11.9. The maximum absolute atomic E-state index is 12.8. The monoisotopic (exact) mass is 451 g/mol. The average Bonchev–Trinajstić information content (AvgIpc) is 3.11. The Bertz CT molecular complexity index is 1090. The van der Waals surface area contributed by atoms with Gasteiger partial charge in [-0.15, -0.1) is 10.2 Å². The molecule has 0 radical (unpaired) electrons. The van der Waals surface area contributed by atoms with E-state index in [-0.39, 0.29) is 29.5 Å². The quantitative estimate of drug-likeness (QED) is 0.499. The van der Waals surface area contributed by atoms with Crippen molar-refractivity contribution in [3.8, 4) is 0 Å². The van der Waals surface area contributed by atoms with Crippen molar-refractivity contribution in [3.05, 3.63) is 71.0 Å². The van der Waals surface area contributed by atoms with Crippen LogP contribution in [0.4, 0.5) is 5.69 Å². The third-order valence-corrected chi connectivity index (χ3v) is 6.07. The highest BCUT2D eigenvalue weighted by atomic mass is 32.2. The Morgan fingerprint density at radius 2 is 1.75 bits per heavy atom. The first-order valence-electron chi connectivity index (χ1n) is 10.5. The first kappa shape index (κ1) is 23.5. The van der Waals surface area contributed by atoms with Gasteiger partial charge in [0, 0.05) is 18.3 Å². The summed E-state index contributed by atoms with van der Waals surface area (Å²) in [5.41, 5.74) is 3.54. The van der Waals surface area contributed by atoms with Crippen molar-refractivity contribution in [1.82, 2.24) is 20.1 Å². The molecule has 2 aromatic carbocycles. The van der Waals surface area contributed by atoms with Crippen molar-refractivity contribution in [3.63, 3.8) is 0 Å². The summed E-state index contributed by atoms with van der Waals surface area (Å²) in [5.74, 6) is 0.706. The second-order valence-corrected chi connectivity index (χ2v) is 9.11. The van der Waals surface area contributed by atoms with Crippen LogP contribution in [0, 0.1) is 19.8 Å². The molecule has 0 aliphatic carbocycles. The summed E-state index contributed by atoms with van der Waals surface area (Å²) in [6.45, 7) is 8.01. The van der Waals surface area contributed by atoms with E-state index < -0.39 is 0 Å². The third-order valence-electron chi connectivity index (χ3n) is 5.05. The molecule has 7 nitrogen and oxygen atoms in total. The van der Waals surface area contributed by atoms with E-state index in [1.807, 2.05) is 81.8 Å². The molecular formula is C24H29N5O2S. The number of aryl methyl sites for hydroxylation is 2. The predicted octanol–water partition coefficient (Wildman–Crippen LogP) is 4.29. The van der Waals surface area contributed by atoms with E-state index in [0.717, 1.165) is 16.8 Å². The van der Waals surface area contributed by atoms with Crippen molar-refractivity contribution in [2.24, 2.45) is 13.0 Å². The number of hydrogen-bond donors (Lipinski definition) is 2. The number of aromatic nitrogens is 3. The minimum absolute atomic E-state index is 0.106. The molecule has 1 aromatic heterocycles. The molecule has 168 valence electrons. The lowest BCUT2D eigenvalue weighted by Crippen LogP contribution is -2.33. The van der Waals surface area contributed by atoms with Crippen molar-refractivity contribution < 1.29 is 9.59 Å². The molecule has 1 atom stereocenters. The molecule has 0 unspecified atom stereocenters. The van der Waals surface area contributed by atoms with Gasteiger partial charge < -0.3 is 15.2 Å².